The monoisotopic (exact) mass is 366 g/mol. The summed E-state index contributed by atoms with van der Waals surface area (Å²) < 4.78 is 15.2. The Hall–Kier alpha value is -2.76. The van der Waals surface area contributed by atoms with Gasteiger partial charge >= 0.3 is 0 Å². The number of benzene rings is 2. The van der Waals surface area contributed by atoms with Crippen LogP contribution >= 0.6 is 11.6 Å². The maximum Gasteiger partial charge on any atom is 0.139 e. The lowest BCUT2D eigenvalue weighted by atomic mass is 10.1. The van der Waals surface area contributed by atoms with Crippen molar-refractivity contribution in [2.45, 2.75) is 13.0 Å². The number of hydrogen-bond donors (Lipinski definition) is 1. The molecule has 0 saturated heterocycles. The topological polar surface area (TPSA) is 56.7 Å². The number of nitrogens with two attached hydrogens (primary N) is 1. The molecule has 1 unspecified atom stereocenters. The van der Waals surface area contributed by atoms with Crippen molar-refractivity contribution >= 4 is 22.6 Å². The van der Waals surface area contributed by atoms with Crippen molar-refractivity contribution in [3.05, 3.63) is 77.3 Å². The molecule has 2 aromatic heterocycles. The summed E-state index contributed by atoms with van der Waals surface area (Å²) in [5.41, 5.74) is 10.1. The maximum absolute atomic E-state index is 13.3. The Labute approximate surface area is 155 Å². The zero-order chi connectivity index (χ0) is 18.3. The SMILES string of the molecule is CC(N)c1ccc2c(c1)ncn2-c1cccc(-c2ccc(F)cc2Cl)n1. The van der Waals surface area contributed by atoms with Crippen LogP contribution in [0.1, 0.15) is 18.5 Å². The summed E-state index contributed by atoms with van der Waals surface area (Å²) in [6, 6.07) is 15.8. The van der Waals surface area contributed by atoms with Gasteiger partial charge in [0.2, 0.25) is 0 Å². The van der Waals surface area contributed by atoms with Gasteiger partial charge in [-0.25, -0.2) is 14.4 Å². The van der Waals surface area contributed by atoms with Crippen molar-refractivity contribution in [3.63, 3.8) is 0 Å². The van der Waals surface area contributed by atoms with E-state index in [-0.39, 0.29) is 11.9 Å². The Bertz CT molecular complexity index is 1100. The molecule has 0 aliphatic rings. The third-order valence-corrected chi connectivity index (χ3v) is 4.60. The second-order valence-electron chi connectivity index (χ2n) is 6.16. The number of aromatic nitrogens is 3. The Balaban J connectivity index is 1.81. The van der Waals surface area contributed by atoms with Crippen LogP contribution < -0.4 is 5.73 Å². The van der Waals surface area contributed by atoms with E-state index < -0.39 is 0 Å². The van der Waals surface area contributed by atoms with Gasteiger partial charge in [-0.2, -0.15) is 0 Å². The maximum atomic E-state index is 13.3. The molecule has 0 amide bonds. The zero-order valence-corrected chi connectivity index (χ0v) is 14.8. The minimum Gasteiger partial charge on any atom is -0.324 e. The van der Waals surface area contributed by atoms with Gasteiger partial charge in [0.1, 0.15) is 18.0 Å². The Morgan fingerprint density at radius 2 is 1.96 bits per heavy atom. The Morgan fingerprint density at radius 1 is 1.12 bits per heavy atom. The van der Waals surface area contributed by atoms with Crippen molar-refractivity contribution in [1.29, 1.82) is 0 Å². The summed E-state index contributed by atoms with van der Waals surface area (Å²) in [7, 11) is 0. The smallest absolute Gasteiger partial charge is 0.139 e. The van der Waals surface area contributed by atoms with E-state index in [2.05, 4.69) is 9.97 Å². The lowest BCUT2D eigenvalue weighted by Crippen LogP contribution is -2.04. The first-order chi connectivity index (χ1) is 12.5. The van der Waals surface area contributed by atoms with Gasteiger partial charge in [0.15, 0.2) is 0 Å². The van der Waals surface area contributed by atoms with Crippen LogP contribution in [0.25, 0.3) is 28.1 Å². The fourth-order valence-electron chi connectivity index (χ4n) is 2.90. The predicted molar refractivity (Wildman–Crippen MR) is 102 cm³/mol. The zero-order valence-electron chi connectivity index (χ0n) is 14.0. The first-order valence-electron chi connectivity index (χ1n) is 8.18. The molecule has 0 aliphatic heterocycles. The molecule has 1 atom stereocenters. The van der Waals surface area contributed by atoms with Gasteiger partial charge in [-0.05, 0) is 55.0 Å². The molecular weight excluding hydrogens is 351 g/mol. The third-order valence-electron chi connectivity index (χ3n) is 4.29. The number of hydrogen-bond acceptors (Lipinski definition) is 3. The predicted octanol–water partition coefficient (Wildman–Crippen LogP) is 4.90. The molecular formula is C20H16ClFN4. The van der Waals surface area contributed by atoms with Crippen molar-refractivity contribution in [3.8, 4) is 17.1 Å². The van der Waals surface area contributed by atoms with Crippen molar-refractivity contribution in [2.75, 3.05) is 0 Å². The highest BCUT2D eigenvalue weighted by atomic mass is 35.5. The molecule has 4 rings (SSSR count). The number of imidazole rings is 1. The summed E-state index contributed by atoms with van der Waals surface area (Å²) in [5, 5.41) is 0.326. The van der Waals surface area contributed by atoms with E-state index >= 15 is 0 Å². The summed E-state index contributed by atoms with van der Waals surface area (Å²) in [6.45, 7) is 1.94. The van der Waals surface area contributed by atoms with E-state index in [1.807, 2.05) is 47.9 Å². The molecule has 0 spiro atoms. The molecule has 0 fully saturated rings. The van der Waals surface area contributed by atoms with Crippen LogP contribution in [-0.2, 0) is 0 Å². The Kier molecular flexibility index (Phi) is 4.18. The number of rotatable bonds is 3. The van der Waals surface area contributed by atoms with Crippen molar-refractivity contribution in [2.24, 2.45) is 5.73 Å². The highest BCUT2D eigenvalue weighted by Gasteiger charge is 2.11. The van der Waals surface area contributed by atoms with Crippen LogP contribution in [-0.4, -0.2) is 14.5 Å². The molecule has 0 aliphatic carbocycles. The molecule has 26 heavy (non-hydrogen) atoms. The van der Waals surface area contributed by atoms with Gasteiger partial charge in [0, 0.05) is 11.6 Å². The molecule has 2 aromatic carbocycles. The molecule has 0 radical (unpaired) electrons. The van der Waals surface area contributed by atoms with Crippen LogP contribution in [0.15, 0.2) is 60.9 Å². The lowest BCUT2D eigenvalue weighted by Gasteiger charge is -2.09. The van der Waals surface area contributed by atoms with E-state index in [1.54, 1.807) is 12.4 Å². The minimum absolute atomic E-state index is 0.0494. The minimum atomic E-state index is -0.375. The number of halogens is 2. The number of pyridine rings is 1. The van der Waals surface area contributed by atoms with Crippen molar-refractivity contribution in [1.82, 2.24) is 14.5 Å². The number of nitrogens with zero attached hydrogens (tertiary/aromatic N) is 3. The molecule has 4 aromatic rings. The van der Waals surface area contributed by atoms with E-state index in [1.165, 1.54) is 12.1 Å². The van der Waals surface area contributed by atoms with E-state index in [0.717, 1.165) is 16.6 Å². The average Bonchev–Trinajstić information content (AvgIpc) is 3.05. The molecule has 6 heteroatoms. The first kappa shape index (κ1) is 16.7. The first-order valence-corrected chi connectivity index (χ1v) is 8.56. The molecule has 2 heterocycles. The molecule has 2 N–H and O–H groups in total. The lowest BCUT2D eigenvalue weighted by molar-refractivity contribution is 0.628. The summed E-state index contributed by atoms with van der Waals surface area (Å²) in [5.74, 6) is 0.333. The van der Waals surface area contributed by atoms with Gasteiger partial charge in [0.05, 0.1) is 21.7 Å². The summed E-state index contributed by atoms with van der Waals surface area (Å²) in [4.78, 5) is 9.14. The molecule has 0 saturated carbocycles. The third kappa shape index (κ3) is 2.96. The van der Waals surface area contributed by atoms with Gasteiger partial charge in [-0.15, -0.1) is 0 Å². The van der Waals surface area contributed by atoms with E-state index in [0.29, 0.717) is 22.1 Å². The Morgan fingerprint density at radius 3 is 2.73 bits per heavy atom. The second kappa shape index (κ2) is 6.52. The average molecular weight is 367 g/mol. The fourth-order valence-corrected chi connectivity index (χ4v) is 3.16. The van der Waals surface area contributed by atoms with Crippen LogP contribution in [0.5, 0.6) is 0 Å². The number of fused-ring (bicyclic) bond motifs is 1. The normalized spacial score (nSPS) is 12.5. The van der Waals surface area contributed by atoms with E-state index in [9.17, 15) is 4.39 Å². The quantitative estimate of drug-likeness (QED) is 0.561. The largest absolute Gasteiger partial charge is 0.324 e. The highest BCUT2D eigenvalue weighted by Crippen LogP contribution is 2.28. The standard InChI is InChI=1S/C20H16ClFN4/c1-12(23)13-5-8-19-18(9-13)24-11-26(19)20-4-2-3-17(25-20)15-7-6-14(22)10-16(15)21/h2-12H,23H2,1H3. The summed E-state index contributed by atoms with van der Waals surface area (Å²) >= 11 is 6.17. The molecule has 0 bridgehead atoms. The summed E-state index contributed by atoms with van der Waals surface area (Å²) in [6.07, 6.45) is 1.73. The van der Waals surface area contributed by atoms with Crippen LogP contribution in [0.3, 0.4) is 0 Å². The van der Waals surface area contributed by atoms with Crippen LogP contribution in [0.4, 0.5) is 4.39 Å². The highest BCUT2D eigenvalue weighted by molar-refractivity contribution is 6.33. The molecule has 130 valence electrons. The van der Waals surface area contributed by atoms with Gasteiger partial charge in [-0.3, -0.25) is 4.57 Å². The van der Waals surface area contributed by atoms with E-state index in [4.69, 9.17) is 17.3 Å². The fraction of sp³-hybridized carbons (Fsp3) is 0.100. The van der Waals surface area contributed by atoms with Crippen molar-refractivity contribution < 1.29 is 4.39 Å². The second-order valence-corrected chi connectivity index (χ2v) is 6.56. The molecule has 4 nitrogen and oxygen atoms in total. The van der Waals surface area contributed by atoms with Crippen LogP contribution in [0.2, 0.25) is 5.02 Å². The van der Waals surface area contributed by atoms with Gasteiger partial charge in [0.25, 0.3) is 0 Å². The van der Waals surface area contributed by atoms with Gasteiger partial charge in [-0.1, -0.05) is 23.7 Å². The van der Waals surface area contributed by atoms with Gasteiger partial charge < -0.3 is 5.73 Å². The van der Waals surface area contributed by atoms with Crippen LogP contribution in [0, 0.1) is 5.82 Å².